The van der Waals surface area contributed by atoms with Crippen molar-refractivity contribution in [3.05, 3.63) is 22.6 Å². The van der Waals surface area contributed by atoms with Crippen LogP contribution in [0.3, 0.4) is 0 Å². The monoisotopic (exact) mass is 596 g/mol. The van der Waals surface area contributed by atoms with Gasteiger partial charge in [-0.3, -0.25) is 14.3 Å². The number of aromatic amines is 1. The topological polar surface area (TPSA) is 266 Å². The highest BCUT2D eigenvalue weighted by molar-refractivity contribution is 7.66. The van der Waals surface area contributed by atoms with Gasteiger partial charge in [-0.15, -0.1) is 0 Å². The molecule has 22 heteroatoms. The molecule has 7 atom stereocenters. The third-order valence-corrected chi connectivity index (χ3v) is 8.68. The highest BCUT2D eigenvalue weighted by atomic mass is 35.5. The molecule has 3 heterocycles. The van der Waals surface area contributed by atoms with Gasteiger partial charge in [-0.1, -0.05) is 0 Å². The van der Waals surface area contributed by atoms with Crippen LogP contribution in [0.5, 0.6) is 0 Å². The number of aliphatic hydroxyl groups excluding tert-OH is 1. The summed E-state index contributed by atoms with van der Waals surface area (Å²) in [4.78, 5) is 54.4. The number of fused-ring (bicyclic) bond motifs is 1. The summed E-state index contributed by atoms with van der Waals surface area (Å²) >= 11 is 5.35. The lowest BCUT2D eigenvalue weighted by atomic mass is 9.95. The summed E-state index contributed by atoms with van der Waals surface area (Å²) < 4.78 is 68.6. The molecule has 2 aromatic heterocycles. The van der Waals surface area contributed by atoms with Crippen molar-refractivity contribution in [2.24, 2.45) is 0 Å². The van der Waals surface area contributed by atoms with Gasteiger partial charge >= 0.3 is 23.5 Å². The number of H-pyrrole nitrogens is 1. The normalized spacial score (nSPS) is 28.7. The van der Waals surface area contributed by atoms with E-state index in [1.54, 1.807) is 5.38 Å². The molecular formula is C14H17ClFN4O13P3. The molecule has 0 aliphatic carbocycles. The van der Waals surface area contributed by atoms with E-state index in [2.05, 4.69) is 23.1 Å². The van der Waals surface area contributed by atoms with Crippen LogP contribution in [0.2, 0.25) is 0 Å². The summed E-state index contributed by atoms with van der Waals surface area (Å²) in [7, 11) is -17.1. The number of hydrogen-bond donors (Lipinski definition) is 7. The number of phosphoric acid groups is 3. The number of nitrogens with two attached hydrogens (primary N) is 1. The van der Waals surface area contributed by atoms with Crippen molar-refractivity contribution in [2.45, 2.75) is 37.1 Å². The van der Waals surface area contributed by atoms with Crippen molar-refractivity contribution >= 4 is 52.1 Å². The molecule has 1 fully saturated rings. The lowest BCUT2D eigenvalue weighted by Crippen LogP contribution is -2.44. The maximum absolute atomic E-state index is 16.0. The van der Waals surface area contributed by atoms with Crippen molar-refractivity contribution in [2.75, 3.05) is 5.73 Å². The number of nitrogen functional groups attached to an aromatic ring is 1. The van der Waals surface area contributed by atoms with Crippen molar-refractivity contribution in [3.8, 4) is 11.3 Å². The van der Waals surface area contributed by atoms with Crippen LogP contribution in [0.1, 0.15) is 13.2 Å². The van der Waals surface area contributed by atoms with Crippen molar-refractivity contribution in [1.82, 2.24) is 14.5 Å². The van der Waals surface area contributed by atoms with E-state index >= 15 is 4.39 Å². The summed E-state index contributed by atoms with van der Waals surface area (Å²) in [5, 5.41) is 12.3. The summed E-state index contributed by atoms with van der Waals surface area (Å²) in [6.45, 7) is 0.956. The standard InChI is InChI=1S/C14H17ClFN4O13P3/c1-6(31-35(26,27)33-36(28,29)32-34(23,24)25)8-9(21)14(16,3-4-15)12(30-8)20-5-2-7-10(20)18-13(17)19-11(7)22/h2,5-6,8-9,12,21H,1H3,(H,26,27)(H,28,29)(H2,23,24,25)(H3,17,18,19,22)/t6-,8+,9-,12+,14?/m0/s1. The number of halogens is 2. The van der Waals surface area contributed by atoms with Crippen molar-refractivity contribution in [1.29, 1.82) is 0 Å². The third kappa shape index (κ3) is 6.07. The molecule has 2 aromatic rings. The number of nitrogens with zero attached hydrogens (tertiary/aromatic N) is 2. The second-order valence-corrected chi connectivity index (χ2v) is 11.8. The Bertz CT molecular complexity index is 1430. The molecule has 3 unspecified atom stereocenters. The number of phosphoric ester groups is 1. The maximum atomic E-state index is 16.0. The highest BCUT2D eigenvalue weighted by Gasteiger charge is 2.60. The van der Waals surface area contributed by atoms with Crippen LogP contribution < -0.4 is 11.3 Å². The Kier molecular flexibility index (Phi) is 7.94. The summed E-state index contributed by atoms with van der Waals surface area (Å²) in [6.07, 6.45) is -6.65. The van der Waals surface area contributed by atoms with Gasteiger partial charge in [0.1, 0.15) is 12.2 Å². The maximum Gasteiger partial charge on any atom is 0.490 e. The van der Waals surface area contributed by atoms with Gasteiger partial charge in [0, 0.05) is 11.6 Å². The van der Waals surface area contributed by atoms with E-state index in [1.807, 2.05) is 5.92 Å². The molecule has 36 heavy (non-hydrogen) atoms. The lowest BCUT2D eigenvalue weighted by molar-refractivity contribution is -0.0752. The molecule has 1 aliphatic heterocycles. The second kappa shape index (κ2) is 9.90. The van der Waals surface area contributed by atoms with Gasteiger partial charge < -0.3 is 39.7 Å². The number of rotatable bonds is 8. The summed E-state index contributed by atoms with van der Waals surface area (Å²) in [5.74, 6) is 1.58. The lowest BCUT2D eigenvalue weighted by Gasteiger charge is -2.25. The van der Waals surface area contributed by atoms with Crippen LogP contribution in [0, 0.1) is 11.3 Å². The van der Waals surface area contributed by atoms with Crippen LogP contribution in [-0.4, -0.2) is 63.2 Å². The number of ether oxygens (including phenoxy) is 1. The second-order valence-electron chi connectivity index (χ2n) is 7.20. The van der Waals surface area contributed by atoms with E-state index in [9.17, 15) is 33.4 Å². The molecular weight excluding hydrogens is 580 g/mol. The number of aromatic nitrogens is 3. The molecule has 0 bridgehead atoms. The average molecular weight is 597 g/mol. The molecule has 200 valence electrons. The highest BCUT2D eigenvalue weighted by Crippen LogP contribution is 2.66. The number of hydrogen-bond acceptors (Lipinski definition) is 11. The minimum Gasteiger partial charge on any atom is -0.386 e. The Labute approximate surface area is 204 Å². The fourth-order valence-electron chi connectivity index (χ4n) is 3.37. The van der Waals surface area contributed by atoms with Gasteiger partial charge in [0.15, 0.2) is 11.9 Å². The number of anilines is 1. The van der Waals surface area contributed by atoms with Crippen LogP contribution >= 0.6 is 35.1 Å². The summed E-state index contributed by atoms with van der Waals surface area (Å²) in [5.41, 5.74) is 1.63. The van der Waals surface area contributed by atoms with E-state index in [1.165, 1.54) is 6.07 Å². The molecule has 0 aromatic carbocycles. The first-order valence-electron chi connectivity index (χ1n) is 9.23. The van der Waals surface area contributed by atoms with E-state index in [0.29, 0.717) is 0 Å². The molecule has 17 nitrogen and oxygen atoms in total. The Hall–Kier alpha value is -1.67. The molecule has 1 aliphatic rings. The Balaban J connectivity index is 1.92. The smallest absolute Gasteiger partial charge is 0.386 e. The predicted octanol–water partition coefficient (Wildman–Crippen LogP) is 0.205. The van der Waals surface area contributed by atoms with E-state index in [-0.39, 0.29) is 17.0 Å². The zero-order chi connectivity index (χ0) is 27.3. The molecule has 3 rings (SSSR count). The van der Waals surface area contributed by atoms with Gasteiger partial charge in [-0.2, -0.15) is 13.6 Å². The molecule has 0 radical (unpaired) electrons. The fraction of sp³-hybridized carbons (Fsp3) is 0.429. The van der Waals surface area contributed by atoms with Gasteiger partial charge in [0.05, 0.1) is 11.5 Å². The van der Waals surface area contributed by atoms with Crippen molar-refractivity contribution < 1.29 is 60.6 Å². The number of aliphatic hydroxyl groups is 1. The van der Waals surface area contributed by atoms with Gasteiger partial charge in [-0.05, 0) is 30.5 Å². The molecule has 1 saturated heterocycles. The fourth-order valence-corrected chi connectivity index (χ4v) is 6.71. The molecule has 0 spiro atoms. The van der Waals surface area contributed by atoms with Crippen LogP contribution in [0.4, 0.5) is 10.3 Å². The van der Waals surface area contributed by atoms with Crippen LogP contribution in [-0.2, 0) is 31.6 Å². The SMILES string of the molecule is C[C@H](OP(=O)(O)OP(=O)(O)OP(=O)(O)O)[C@H]1O[C@@H](n2ccc3c(=O)[nH]c(N)nc32)C(F)(C#CCl)[C@H]1O. The van der Waals surface area contributed by atoms with Crippen LogP contribution in [0.15, 0.2) is 17.1 Å². The zero-order valence-corrected chi connectivity index (χ0v) is 21.0. The third-order valence-electron chi connectivity index (χ3n) is 4.66. The van der Waals surface area contributed by atoms with Crippen LogP contribution in [0.25, 0.3) is 11.0 Å². The Morgan fingerprint density at radius 1 is 1.31 bits per heavy atom. The quantitative estimate of drug-likeness (QED) is 0.158. The number of nitrogens with one attached hydrogen (secondary N) is 1. The van der Waals surface area contributed by atoms with Gasteiger partial charge in [-0.25, -0.2) is 18.1 Å². The predicted molar refractivity (Wildman–Crippen MR) is 117 cm³/mol. The summed E-state index contributed by atoms with van der Waals surface area (Å²) in [6, 6.07) is 1.23. The first-order valence-corrected chi connectivity index (χ1v) is 14.1. The number of alkyl halides is 1. The molecule has 0 saturated carbocycles. The Morgan fingerprint density at radius 2 is 1.94 bits per heavy atom. The minimum absolute atomic E-state index is 0.0479. The first-order chi connectivity index (χ1) is 16.4. The average Bonchev–Trinajstić information content (AvgIpc) is 3.18. The Morgan fingerprint density at radius 3 is 2.53 bits per heavy atom. The zero-order valence-electron chi connectivity index (χ0n) is 17.5. The molecule has 8 N–H and O–H groups in total. The van der Waals surface area contributed by atoms with E-state index in [0.717, 1.165) is 17.7 Å². The van der Waals surface area contributed by atoms with E-state index < -0.39 is 59.2 Å². The van der Waals surface area contributed by atoms with Gasteiger partial charge in [0.25, 0.3) is 5.56 Å². The van der Waals surface area contributed by atoms with Gasteiger partial charge in [0.2, 0.25) is 11.6 Å². The minimum atomic E-state index is -5.84. The first kappa shape index (κ1) is 28.9. The van der Waals surface area contributed by atoms with Crippen molar-refractivity contribution in [3.63, 3.8) is 0 Å². The van der Waals surface area contributed by atoms with E-state index in [4.69, 9.17) is 31.9 Å². The molecule has 0 amide bonds. The largest absolute Gasteiger partial charge is 0.490 e.